The Morgan fingerprint density at radius 3 is 2.50 bits per heavy atom. The molecule has 6 nitrogen and oxygen atoms in total. The summed E-state index contributed by atoms with van der Waals surface area (Å²) in [6, 6.07) is 14.4. The fourth-order valence-corrected chi connectivity index (χ4v) is 4.91. The number of esters is 1. The summed E-state index contributed by atoms with van der Waals surface area (Å²) in [5.41, 5.74) is 2.40. The smallest absolute Gasteiger partial charge is 0.338 e. The van der Waals surface area contributed by atoms with Gasteiger partial charge in [-0.3, -0.25) is 9.36 Å². The molecule has 3 aromatic rings. The maximum Gasteiger partial charge on any atom is 0.338 e. The average Bonchev–Trinajstić information content (AvgIpc) is 3.08. The van der Waals surface area contributed by atoms with Crippen LogP contribution in [0.15, 0.2) is 74.1 Å². The van der Waals surface area contributed by atoms with Crippen molar-refractivity contribution >= 4 is 39.3 Å². The van der Waals surface area contributed by atoms with E-state index in [0.717, 1.165) is 21.3 Å². The standard InChI is InChI=1S/C24H21BrN2O4S/c1-4-31-23(29)20-14(2)26-24-27(21(20)16-7-9-17(25)10-8-16)22(28)19(32-24)13-15-5-11-18(30-3)12-6-15/h5-13,21H,4H2,1-3H3/b19-13-/t21-/m1/s1. The van der Waals surface area contributed by atoms with E-state index in [1.165, 1.54) is 11.3 Å². The van der Waals surface area contributed by atoms with E-state index < -0.39 is 12.0 Å². The van der Waals surface area contributed by atoms with Crippen molar-refractivity contribution in [3.05, 3.63) is 95.1 Å². The number of fused-ring (bicyclic) bond motifs is 1. The molecule has 32 heavy (non-hydrogen) atoms. The summed E-state index contributed by atoms with van der Waals surface area (Å²) in [6.45, 7) is 3.77. The van der Waals surface area contributed by atoms with Gasteiger partial charge in [-0.05, 0) is 55.3 Å². The zero-order valence-corrected chi connectivity index (χ0v) is 20.2. The van der Waals surface area contributed by atoms with Crippen LogP contribution in [0.3, 0.4) is 0 Å². The number of thiazole rings is 1. The van der Waals surface area contributed by atoms with Crippen molar-refractivity contribution in [3.8, 4) is 5.75 Å². The average molecular weight is 513 g/mol. The number of hydrogen-bond donors (Lipinski definition) is 0. The third-order valence-corrected chi connectivity index (χ3v) is 6.63. The third-order valence-electron chi connectivity index (χ3n) is 5.12. The summed E-state index contributed by atoms with van der Waals surface area (Å²) >= 11 is 4.75. The molecule has 0 N–H and O–H groups in total. The summed E-state index contributed by atoms with van der Waals surface area (Å²) in [6.07, 6.45) is 1.82. The van der Waals surface area contributed by atoms with Crippen molar-refractivity contribution in [3.63, 3.8) is 0 Å². The quantitative estimate of drug-likeness (QED) is 0.490. The maximum atomic E-state index is 13.5. The van der Waals surface area contributed by atoms with Gasteiger partial charge in [0.15, 0.2) is 4.80 Å². The minimum absolute atomic E-state index is 0.202. The van der Waals surface area contributed by atoms with Gasteiger partial charge < -0.3 is 9.47 Å². The molecule has 4 rings (SSSR count). The van der Waals surface area contributed by atoms with Crippen LogP contribution in [0, 0.1) is 0 Å². The Bertz CT molecular complexity index is 1370. The minimum atomic E-state index is -0.614. The molecular formula is C24H21BrN2O4S. The molecule has 0 fully saturated rings. The Hall–Kier alpha value is -2.97. The lowest BCUT2D eigenvalue weighted by molar-refractivity contribution is -0.139. The molecule has 2 aromatic carbocycles. The summed E-state index contributed by atoms with van der Waals surface area (Å²) < 4.78 is 13.5. The van der Waals surface area contributed by atoms with E-state index in [2.05, 4.69) is 20.9 Å². The minimum Gasteiger partial charge on any atom is -0.497 e. The summed E-state index contributed by atoms with van der Waals surface area (Å²) in [5.74, 6) is 0.277. The highest BCUT2D eigenvalue weighted by Crippen LogP contribution is 2.31. The second kappa shape index (κ2) is 9.26. The molecule has 1 aromatic heterocycles. The van der Waals surface area contributed by atoms with E-state index in [4.69, 9.17) is 9.47 Å². The first-order valence-corrected chi connectivity index (χ1v) is 11.6. The van der Waals surface area contributed by atoms with E-state index in [1.54, 1.807) is 25.5 Å². The monoisotopic (exact) mass is 512 g/mol. The van der Waals surface area contributed by atoms with Crippen molar-refractivity contribution in [2.45, 2.75) is 19.9 Å². The van der Waals surface area contributed by atoms with Gasteiger partial charge in [0.25, 0.3) is 5.56 Å². The van der Waals surface area contributed by atoms with Crippen molar-refractivity contribution in [1.82, 2.24) is 4.57 Å². The molecule has 0 aliphatic carbocycles. The summed E-state index contributed by atoms with van der Waals surface area (Å²) in [4.78, 5) is 31.5. The Balaban J connectivity index is 1.92. The number of ether oxygens (including phenoxy) is 2. The topological polar surface area (TPSA) is 69.9 Å². The van der Waals surface area contributed by atoms with Crippen molar-refractivity contribution in [2.75, 3.05) is 13.7 Å². The molecule has 0 amide bonds. The number of halogens is 1. The fraction of sp³-hybridized carbons (Fsp3) is 0.208. The number of methoxy groups -OCH3 is 1. The first-order chi connectivity index (χ1) is 15.4. The highest BCUT2D eigenvalue weighted by Gasteiger charge is 2.33. The first-order valence-electron chi connectivity index (χ1n) is 10.0. The fourth-order valence-electron chi connectivity index (χ4n) is 3.60. The Kier molecular flexibility index (Phi) is 6.43. The van der Waals surface area contributed by atoms with E-state index >= 15 is 0 Å². The van der Waals surface area contributed by atoms with Gasteiger partial charge >= 0.3 is 5.97 Å². The Labute approximate surface area is 197 Å². The number of carbonyl (C=O) groups is 1. The van der Waals surface area contributed by atoms with Crippen LogP contribution < -0.4 is 19.6 Å². The number of hydrogen-bond acceptors (Lipinski definition) is 6. The molecule has 0 radical (unpaired) electrons. The zero-order valence-electron chi connectivity index (χ0n) is 17.8. The van der Waals surface area contributed by atoms with E-state index in [-0.39, 0.29) is 12.2 Å². The predicted octanol–water partition coefficient (Wildman–Crippen LogP) is 3.57. The molecule has 164 valence electrons. The molecule has 1 aliphatic heterocycles. The summed E-state index contributed by atoms with van der Waals surface area (Å²) in [7, 11) is 1.61. The van der Waals surface area contributed by atoms with Gasteiger partial charge in [-0.15, -0.1) is 0 Å². The molecule has 0 spiro atoms. The van der Waals surface area contributed by atoms with Gasteiger partial charge in [0.05, 0.1) is 35.6 Å². The van der Waals surface area contributed by atoms with Crippen molar-refractivity contribution in [1.29, 1.82) is 0 Å². The predicted molar refractivity (Wildman–Crippen MR) is 128 cm³/mol. The number of nitrogens with zero attached hydrogens (tertiary/aromatic N) is 2. The van der Waals surface area contributed by atoms with Crippen LogP contribution in [-0.2, 0) is 9.53 Å². The Morgan fingerprint density at radius 2 is 1.88 bits per heavy atom. The van der Waals surface area contributed by atoms with Crippen LogP contribution in [-0.4, -0.2) is 24.3 Å². The largest absolute Gasteiger partial charge is 0.497 e. The van der Waals surface area contributed by atoms with Crippen LogP contribution >= 0.6 is 27.3 Å². The molecule has 1 aliphatic rings. The molecule has 0 unspecified atom stereocenters. The zero-order chi connectivity index (χ0) is 22.8. The van der Waals surface area contributed by atoms with Crippen LogP contribution in [0.5, 0.6) is 5.75 Å². The molecule has 2 heterocycles. The SMILES string of the molecule is CCOC(=O)C1=C(C)N=c2s/c(=C\c3ccc(OC)cc3)c(=O)n2[C@@H]1c1ccc(Br)cc1. The van der Waals surface area contributed by atoms with Crippen molar-refractivity contribution in [2.24, 2.45) is 4.99 Å². The lowest BCUT2D eigenvalue weighted by Crippen LogP contribution is -2.39. The second-order valence-electron chi connectivity index (χ2n) is 7.13. The van der Waals surface area contributed by atoms with Crippen LogP contribution in [0.4, 0.5) is 0 Å². The normalized spacial score (nSPS) is 15.9. The first kappa shape index (κ1) is 22.2. The highest BCUT2D eigenvalue weighted by molar-refractivity contribution is 9.10. The number of aromatic nitrogens is 1. The molecular weight excluding hydrogens is 492 g/mol. The molecule has 0 saturated heterocycles. The second-order valence-corrected chi connectivity index (χ2v) is 9.05. The lowest BCUT2D eigenvalue weighted by Gasteiger charge is -2.24. The Morgan fingerprint density at radius 1 is 1.19 bits per heavy atom. The number of benzene rings is 2. The molecule has 8 heteroatoms. The van der Waals surface area contributed by atoms with E-state index in [0.29, 0.717) is 20.6 Å². The van der Waals surface area contributed by atoms with E-state index in [9.17, 15) is 9.59 Å². The van der Waals surface area contributed by atoms with Gasteiger partial charge in [-0.25, -0.2) is 9.79 Å². The number of rotatable bonds is 5. The molecule has 1 atom stereocenters. The van der Waals surface area contributed by atoms with Crippen LogP contribution in [0.2, 0.25) is 0 Å². The number of carbonyl (C=O) groups excluding carboxylic acids is 1. The van der Waals surface area contributed by atoms with Gasteiger partial charge in [0.2, 0.25) is 0 Å². The highest BCUT2D eigenvalue weighted by atomic mass is 79.9. The molecule has 0 bridgehead atoms. The number of allylic oxidation sites excluding steroid dienone is 1. The van der Waals surface area contributed by atoms with Gasteiger partial charge in [-0.1, -0.05) is 51.5 Å². The van der Waals surface area contributed by atoms with Crippen molar-refractivity contribution < 1.29 is 14.3 Å². The maximum absolute atomic E-state index is 13.5. The van der Waals surface area contributed by atoms with E-state index in [1.807, 2.05) is 54.6 Å². The third kappa shape index (κ3) is 4.20. The lowest BCUT2D eigenvalue weighted by atomic mass is 9.96. The van der Waals surface area contributed by atoms with Crippen LogP contribution in [0.1, 0.15) is 31.0 Å². The van der Waals surface area contributed by atoms with Gasteiger partial charge in [-0.2, -0.15) is 0 Å². The van der Waals surface area contributed by atoms with Gasteiger partial charge in [0, 0.05) is 4.47 Å². The van der Waals surface area contributed by atoms with Gasteiger partial charge in [0.1, 0.15) is 5.75 Å². The summed E-state index contributed by atoms with van der Waals surface area (Å²) in [5, 5.41) is 0. The van der Waals surface area contributed by atoms with Crippen LogP contribution in [0.25, 0.3) is 6.08 Å². The molecule has 0 saturated carbocycles.